The van der Waals surface area contributed by atoms with Crippen LogP contribution in [0.1, 0.15) is 27.3 Å². The molecule has 3 heterocycles. The first-order valence-electron chi connectivity index (χ1n) is 9.70. The van der Waals surface area contributed by atoms with Crippen LogP contribution < -0.4 is 14.4 Å². The number of carboxylic acid groups (broad SMARTS) is 1. The predicted octanol–water partition coefficient (Wildman–Crippen LogP) is 2.42. The number of pyridine rings is 1. The number of hydrogen-bond acceptors (Lipinski definition) is 6. The quantitative estimate of drug-likeness (QED) is 0.650. The van der Waals surface area contributed by atoms with Gasteiger partial charge in [0.05, 0.1) is 55.2 Å². The number of hydrogen-bond donors (Lipinski definition) is 1. The highest BCUT2D eigenvalue weighted by molar-refractivity contribution is 6.08. The zero-order chi connectivity index (χ0) is 22.1. The monoisotopic (exact) mass is 422 g/mol. The van der Waals surface area contributed by atoms with Gasteiger partial charge in [0.15, 0.2) is 0 Å². The van der Waals surface area contributed by atoms with Crippen LogP contribution in [0.4, 0.5) is 5.69 Å². The van der Waals surface area contributed by atoms with Gasteiger partial charge < -0.3 is 19.5 Å². The third kappa shape index (κ3) is 3.81. The lowest BCUT2D eigenvalue weighted by atomic mass is 10.0. The molecule has 9 nitrogen and oxygen atoms in total. The van der Waals surface area contributed by atoms with Crippen LogP contribution in [-0.2, 0) is 17.6 Å². The number of anilines is 1. The van der Waals surface area contributed by atoms with Crippen LogP contribution >= 0.6 is 0 Å². The van der Waals surface area contributed by atoms with E-state index >= 15 is 0 Å². The molecule has 1 amide bonds. The number of carboxylic acids is 1. The minimum atomic E-state index is -0.947. The van der Waals surface area contributed by atoms with E-state index in [0.717, 1.165) is 11.4 Å². The number of fused-ring (bicyclic) bond motifs is 1. The molecule has 0 fully saturated rings. The second-order valence-electron chi connectivity index (χ2n) is 7.22. The van der Waals surface area contributed by atoms with Crippen molar-refractivity contribution in [2.45, 2.75) is 19.8 Å². The average molecular weight is 422 g/mol. The Bertz CT molecular complexity index is 1150. The summed E-state index contributed by atoms with van der Waals surface area (Å²) in [4.78, 5) is 30.1. The van der Waals surface area contributed by atoms with Gasteiger partial charge in [-0.25, -0.2) is 4.68 Å². The molecule has 0 aliphatic carbocycles. The summed E-state index contributed by atoms with van der Waals surface area (Å²) >= 11 is 0. The van der Waals surface area contributed by atoms with Gasteiger partial charge in [-0.3, -0.25) is 14.6 Å². The number of benzene rings is 1. The summed E-state index contributed by atoms with van der Waals surface area (Å²) in [5, 5.41) is 13.7. The molecule has 9 heteroatoms. The number of aliphatic carboxylic acids is 1. The number of aromatic nitrogens is 3. The lowest BCUT2D eigenvalue weighted by Gasteiger charge is -2.26. The number of rotatable bonds is 6. The van der Waals surface area contributed by atoms with Crippen molar-refractivity contribution in [2.24, 2.45) is 0 Å². The summed E-state index contributed by atoms with van der Waals surface area (Å²) in [5.41, 5.74) is 3.80. The first kappa shape index (κ1) is 20.4. The van der Waals surface area contributed by atoms with Crippen molar-refractivity contribution >= 4 is 17.6 Å². The van der Waals surface area contributed by atoms with E-state index in [1.165, 1.54) is 6.20 Å². The third-order valence-corrected chi connectivity index (χ3v) is 5.25. The van der Waals surface area contributed by atoms with Gasteiger partial charge in [-0.05, 0) is 18.6 Å². The van der Waals surface area contributed by atoms with Crippen LogP contribution in [-0.4, -0.2) is 52.5 Å². The number of methoxy groups -OCH3 is 2. The molecule has 160 valence electrons. The van der Waals surface area contributed by atoms with Gasteiger partial charge in [0, 0.05) is 37.4 Å². The minimum absolute atomic E-state index is 0.150. The maximum absolute atomic E-state index is 13.3. The van der Waals surface area contributed by atoms with Crippen LogP contribution in [0.5, 0.6) is 11.5 Å². The zero-order valence-corrected chi connectivity index (χ0v) is 17.5. The van der Waals surface area contributed by atoms with Crippen molar-refractivity contribution in [1.82, 2.24) is 14.8 Å². The smallest absolute Gasteiger partial charge is 0.307 e. The van der Waals surface area contributed by atoms with Gasteiger partial charge >= 0.3 is 5.97 Å². The van der Waals surface area contributed by atoms with Crippen LogP contribution in [0, 0.1) is 6.92 Å². The second kappa shape index (κ2) is 8.10. The van der Waals surface area contributed by atoms with Crippen LogP contribution in [0.25, 0.3) is 5.69 Å². The Morgan fingerprint density at radius 3 is 2.45 bits per heavy atom. The zero-order valence-electron chi connectivity index (χ0n) is 17.5. The molecule has 1 N–H and O–H groups in total. The molecule has 0 radical (unpaired) electrons. The number of carbonyl (C=O) groups excluding carboxylic acids is 1. The van der Waals surface area contributed by atoms with Crippen LogP contribution in [0.2, 0.25) is 0 Å². The molecule has 1 aliphatic rings. The average Bonchev–Trinajstić information content (AvgIpc) is 3.10. The Balaban J connectivity index is 1.71. The van der Waals surface area contributed by atoms with Crippen molar-refractivity contribution in [3.63, 3.8) is 0 Å². The molecule has 2 aromatic heterocycles. The molecular weight excluding hydrogens is 400 g/mol. The standard InChI is InChI=1S/C22H22N4O5/c1-13-21-19(24-26(13)15-8-17(30-2)10-18(9-15)31-3)4-5-25(22(21)29)16-6-14(7-20(27)28)11-23-12-16/h6,8-12H,4-5,7H2,1-3H3,(H,27,28). The Labute approximate surface area is 178 Å². The summed E-state index contributed by atoms with van der Waals surface area (Å²) in [5.74, 6) is 0.110. The normalized spacial score (nSPS) is 13.1. The summed E-state index contributed by atoms with van der Waals surface area (Å²) in [6, 6.07) is 7.12. The highest BCUT2D eigenvalue weighted by Crippen LogP contribution is 2.30. The maximum Gasteiger partial charge on any atom is 0.307 e. The van der Waals surface area contributed by atoms with Gasteiger partial charge in [0.2, 0.25) is 0 Å². The van der Waals surface area contributed by atoms with E-state index in [2.05, 4.69) is 10.1 Å². The largest absolute Gasteiger partial charge is 0.497 e. The van der Waals surface area contributed by atoms with E-state index in [1.807, 2.05) is 19.1 Å². The first-order valence-corrected chi connectivity index (χ1v) is 9.70. The van der Waals surface area contributed by atoms with Gasteiger partial charge in [0.1, 0.15) is 11.5 Å². The van der Waals surface area contributed by atoms with Crippen molar-refractivity contribution in [1.29, 1.82) is 0 Å². The summed E-state index contributed by atoms with van der Waals surface area (Å²) in [6.45, 7) is 2.28. The summed E-state index contributed by atoms with van der Waals surface area (Å²) in [6.07, 6.45) is 3.49. The minimum Gasteiger partial charge on any atom is -0.497 e. The highest BCUT2D eigenvalue weighted by atomic mass is 16.5. The van der Waals surface area contributed by atoms with Crippen molar-refractivity contribution in [2.75, 3.05) is 25.7 Å². The Morgan fingerprint density at radius 2 is 1.81 bits per heavy atom. The van der Waals surface area contributed by atoms with Gasteiger partial charge in [-0.2, -0.15) is 5.10 Å². The topological polar surface area (TPSA) is 107 Å². The fraction of sp³-hybridized carbons (Fsp3) is 0.273. The predicted molar refractivity (Wildman–Crippen MR) is 112 cm³/mol. The number of amides is 1. The fourth-order valence-electron chi connectivity index (χ4n) is 3.77. The third-order valence-electron chi connectivity index (χ3n) is 5.25. The van der Waals surface area contributed by atoms with E-state index in [1.54, 1.807) is 42.1 Å². The Hall–Kier alpha value is -3.88. The highest BCUT2D eigenvalue weighted by Gasteiger charge is 2.31. The Morgan fingerprint density at radius 1 is 1.10 bits per heavy atom. The van der Waals surface area contributed by atoms with Crippen molar-refractivity contribution in [3.8, 4) is 17.2 Å². The number of ether oxygens (including phenoxy) is 2. The maximum atomic E-state index is 13.3. The second-order valence-corrected chi connectivity index (χ2v) is 7.22. The van der Waals surface area contributed by atoms with E-state index in [9.17, 15) is 9.59 Å². The molecule has 0 saturated heterocycles. The molecule has 0 atom stereocenters. The molecule has 4 rings (SSSR count). The van der Waals surface area contributed by atoms with Crippen molar-refractivity contribution in [3.05, 3.63) is 59.2 Å². The number of nitrogens with zero attached hydrogens (tertiary/aromatic N) is 4. The Kier molecular flexibility index (Phi) is 5.33. The molecule has 3 aromatic rings. The molecule has 0 bridgehead atoms. The van der Waals surface area contributed by atoms with Crippen molar-refractivity contribution < 1.29 is 24.2 Å². The SMILES string of the molecule is COc1cc(OC)cc(-n2nc3c(c2C)C(=O)N(c2cncc(CC(=O)O)c2)CC3)c1. The van der Waals surface area contributed by atoms with Gasteiger partial charge in [-0.1, -0.05) is 0 Å². The van der Waals surface area contributed by atoms with E-state index < -0.39 is 5.97 Å². The molecule has 1 aromatic carbocycles. The van der Waals surface area contributed by atoms with Crippen LogP contribution in [0.15, 0.2) is 36.7 Å². The summed E-state index contributed by atoms with van der Waals surface area (Å²) in [7, 11) is 3.15. The first-order chi connectivity index (χ1) is 14.9. The van der Waals surface area contributed by atoms with E-state index in [4.69, 9.17) is 14.6 Å². The lowest BCUT2D eigenvalue weighted by molar-refractivity contribution is -0.136. The van der Waals surface area contributed by atoms with Crippen LogP contribution in [0.3, 0.4) is 0 Å². The molecule has 1 aliphatic heterocycles. The van der Waals surface area contributed by atoms with Gasteiger partial charge in [0.25, 0.3) is 5.91 Å². The lowest BCUT2D eigenvalue weighted by Crippen LogP contribution is -2.37. The number of carbonyl (C=O) groups is 2. The molecular formula is C22H22N4O5. The fourth-order valence-corrected chi connectivity index (χ4v) is 3.77. The molecule has 31 heavy (non-hydrogen) atoms. The van der Waals surface area contributed by atoms with E-state index in [-0.39, 0.29) is 12.3 Å². The molecule has 0 saturated carbocycles. The molecule has 0 spiro atoms. The van der Waals surface area contributed by atoms with Gasteiger partial charge in [-0.15, -0.1) is 0 Å². The van der Waals surface area contributed by atoms with E-state index in [0.29, 0.717) is 47.0 Å². The molecule has 0 unspecified atom stereocenters. The summed E-state index contributed by atoms with van der Waals surface area (Å²) < 4.78 is 12.4.